The molecular weight excluding hydrogens is 292 g/mol. The summed E-state index contributed by atoms with van der Waals surface area (Å²) in [6.07, 6.45) is 2.69. The van der Waals surface area contributed by atoms with E-state index >= 15 is 0 Å². The van der Waals surface area contributed by atoms with Crippen molar-refractivity contribution in [1.82, 2.24) is 4.57 Å². The molecule has 1 unspecified atom stereocenters. The molecule has 2 heterocycles. The van der Waals surface area contributed by atoms with E-state index < -0.39 is 0 Å². The molecule has 3 nitrogen and oxygen atoms in total. The van der Waals surface area contributed by atoms with Crippen LogP contribution in [-0.2, 0) is 11.8 Å². The van der Waals surface area contributed by atoms with Crippen molar-refractivity contribution in [3.8, 4) is 0 Å². The minimum atomic E-state index is 0.231. The van der Waals surface area contributed by atoms with Crippen molar-refractivity contribution < 1.29 is 4.79 Å². The molecule has 94 valence electrons. The number of alkyl halides is 1. The molecule has 0 aliphatic carbocycles. The molecule has 1 aromatic carbocycles. The highest BCUT2D eigenvalue weighted by molar-refractivity contribution is 9.09. The number of halogens is 1. The van der Waals surface area contributed by atoms with Crippen LogP contribution in [0.25, 0.3) is 10.9 Å². The molecular formula is C14H15BrN2O. The van der Waals surface area contributed by atoms with Crippen molar-refractivity contribution in [2.45, 2.75) is 6.42 Å². The van der Waals surface area contributed by atoms with Crippen LogP contribution in [0, 0.1) is 5.92 Å². The van der Waals surface area contributed by atoms with E-state index in [2.05, 4.69) is 38.7 Å². The Kier molecular flexibility index (Phi) is 2.90. The number of fused-ring (bicyclic) bond motifs is 1. The van der Waals surface area contributed by atoms with Crippen LogP contribution >= 0.6 is 15.9 Å². The molecule has 0 saturated carbocycles. The molecule has 0 spiro atoms. The number of nitrogens with zero attached hydrogens (tertiary/aromatic N) is 2. The van der Waals surface area contributed by atoms with E-state index in [1.807, 2.05) is 24.2 Å². The maximum atomic E-state index is 12.0. The summed E-state index contributed by atoms with van der Waals surface area (Å²) in [6.45, 7) is 0.822. The largest absolute Gasteiger partial charge is 0.351 e. The highest BCUT2D eigenvalue weighted by Crippen LogP contribution is 2.28. The molecule has 4 heteroatoms. The van der Waals surface area contributed by atoms with Gasteiger partial charge in [0.15, 0.2) is 0 Å². The van der Waals surface area contributed by atoms with Crippen LogP contribution in [0.3, 0.4) is 0 Å². The van der Waals surface area contributed by atoms with Crippen LogP contribution in [0.1, 0.15) is 6.42 Å². The molecule has 0 bridgehead atoms. The van der Waals surface area contributed by atoms with Crippen LogP contribution < -0.4 is 4.90 Å². The molecule has 3 rings (SSSR count). The van der Waals surface area contributed by atoms with Gasteiger partial charge in [0.1, 0.15) is 0 Å². The smallest absolute Gasteiger partial charge is 0.227 e. The fourth-order valence-corrected chi connectivity index (χ4v) is 3.01. The van der Waals surface area contributed by atoms with E-state index in [1.165, 1.54) is 10.9 Å². The SMILES string of the molecule is Cn1ccc2cc(N3CC(CBr)CC3=O)ccc21. The zero-order valence-electron chi connectivity index (χ0n) is 10.3. The maximum Gasteiger partial charge on any atom is 0.227 e. The van der Waals surface area contributed by atoms with Gasteiger partial charge < -0.3 is 9.47 Å². The summed E-state index contributed by atoms with van der Waals surface area (Å²) in [5.41, 5.74) is 2.21. The Morgan fingerprint density at radius 2 is 2.22 bits per heavy atom. The maximum absolute atomic E-state index is 12.0. The Hall–Kier alpha value is -1.29. The standard InChI is InChI=1S/C14H15BrN2O/c1-16-5-4-11-7-12(2-3-13(11)16)17-9-10(8-15)6-14(17)18/h2-5,7,10H,6,8-9H2,1H3. The Bertz CT molecular complexity index is 605. The Morgan fingerprint density at radius 3 is 2.94 bits per heavy atom. The first-order valence-electron chi connectivity index (χ1n) is 6.10. The van der Waals surface area contributed by atoms with Crippen molar-refractivity contribution in [3.05, 3.63) is 30.5 Å². The van der Waals surface area contributed by atoms with Crippen LogP contribution in [0.5, 0.6) is 0 Å². The summed E-state index contributed by atoms with van der Waals surface area (Å²) in [7, 11) is 2.03. The molecule has 0 radical (unpaired) electrons. The van der Waals surface area contributed by atoms with Crippen molar-refractivity contribution in [1.29, 1.82) is 0 Å². The minimum absolute atomic E-state index is 0.231. The average molecular weight is 307 g/mol. The summed E-state index contributed by atoms with van der Waals surface area (Å²) in [6, 6.07) is 8.31. The number of carbonyl (C=O) groups excluding carboxylic acids is 1. The van der Waals surface area contributed by atoms with Gasteiger partial charge in [0.2, 0.25) is 5.91 Å². The van der Waals surface area contributed by atoms with Gasteiger partial charge >= 0.3 is 0 Å². The number of aromatic nitrogens is 1. The number of aryl methyl sites for hydroxylation is 1. The van der Waals surface area contributed by atoms with Crippen molar-refractivity contribution >= 4 is 38.4 Å². The highest BCUT2D eigenvalue weighted by Gasteiger charge is 2.29. The lowest BCUT2D eigenvalue weighted by Crippen LogP contribution is -2.24. The average Bonchev–Trinajstić information content (AvgIpc) is 2.93. The minimum Gasteiger partial charge on any atom is -0.351 e. The monoisotopic (exact) mass is 306 g/mol. The normalized spacial score (nSPS) is 20.0. The fraction of sp³-hybridized carbons (Fsp3) is 0.357. The molecule has 1 saturated heterocycles. The molecule has 1 fully saturated rings. The first kappa shape index (κ1) is 11.8. The third kappa shape index (κ3) is 1.85. The van der Waals surface area contributed by atoms with E-state index in [4.69, 9.17) is 0 Å². The number of rotatable bonds is 2. The summed E-state index contributed by atoms with van der Waals surface area (Å²) < 4.78 is 2.09. The van der Waals surface area contributed by atoms with Crippen molar-refractivity contribution in [2.24, 2.45) is 13.0 Å². The van der Waals surface area contributed by atoms with E-state index in [1.54, 1.807) is 0 Å². The van der Waals surface area contributed by atoms with E-state index in [9.17, 15) is 4.79 Å². The van der Waals surface area contributed by atoms with Gasteiger partial charge in [-0.25, -0.2) is 0 Å². The molecule has 1 atom stereocenters. The molecule has 1 aliphatic heterocycles. The lowest BCUT2D eigenvalue weighted by molar-refractivity contribution is -0.117. The van der Waals surface area contributed by atoms with Gasteiger partial charge in [0.05, 0.1) is 0 Å². The number of hydrogen-bond acceptors (Lipinski definition) is 1. The molecule has 18 heavy (non-hydrogen) atoms. The highest BCUT2D eigenvalue weighted by atomic mass is 79.9. The van der Waals surface area contributed by atoms with Gasteiger partial charge in [-0.05, 0) is 30.2 Å². The lowest BCUT2D eigenvalue weighted by atomic mass is 10.2. The van der Waals surface area contributed by atoms with Crippen LogP contribution in [0.2, 0.25) is 0 Å². The van der Waals surface area contributed by atoms with Crippen LogP contribution in [0.4, 0.5) is 5.69 Å². The van der Waals surface area contributed by atoms with E-state index in [0.717, 1.165) is 17.6 Å². The Balaban J connectivity index is 1.97. The molecule has 2 aromatic rings. The quantitative estimate of drug-likeness (QED) is 0.783. The third-order valence-electron chi connectivity index (χ3n) is 3.60. The predicted octanol–water partition coefficient (Wildman–Crippen LogP) is 2.93. The summed E-state index contributed by atoms with van der Waals surface area (Å²) in [5.74, 6) is 0.665. The Morgan fingerprint density at radius 1 is 1.39 bits per heavy atom. The van der Waals surface area contributed by atoms with Gasteiger partial charge in [-0.15, -0.1) is 0 Å². The van der Waals surface area contributed by atoms with Gasteiger partial charge in [0, 0.05) is 48.1 Å². The van der Waals surface area contributed by atoms with E-state index in [-0.39, 0.29) is 5.91 Å². The van der Waals surface area contributed by atoms with Gasteiger partial charge in [-0.3, -0.25) is 4.79 Å². The second kappa shape index (κ2) is 4.43. The van der Waals surface area contributed by atoms with Crippen LogP contribution in [-0.4, -0.2) is 22.3 Å². The zero-order valence-corrected chi connectivity index (χ0v) is 11.9. The zero-order chi connectivity index (χ0) is 12.7. The van der Waals surface area contributed by atoms with Gasteiger partial charge in [-0.2, -0.15) is 0 Å². The van der Waals surface area contributed by atoms with Crippen molar-refractivity contribution in [2.75, 3.05) is 16.8 Å². The number of hydrogen-bond donors (Lipinski definition) is 0. The second-order valence-corrected chi connectivity index (χ2v) is 5.55. The molecule has 0 N–H and O–H groups in total. The molecule has 1 amide bonds. The third-order valence-corrected chi connectivity index (χ3v) is 4.52. The summed E-state index contributed by atoms with van der Waals surface area (Å²) >= 11 is 3.46. The van der Waals surface area contributed by atoms with Crippen LogP contribution in [0.15, 0.2) is 30.5 Å². The van der Waals surface area contributed by atoms with E-state index in [0.29, 0.717) is 12.3 Å². The second-order valence-electron chi connectivity index (χ2n) is 4.90. The molecule has 1 aliphatic rings. The predicted molar refractivity (Wildman–Crippen MR) is 77.2 cm³/mol. The number of amides is 1. The van der Waals surface area contributed by atoms with Gasteiger partial charge in [0.25, 0.3) is 0 Å². The number of benzene rings is 1. The topological polar surface area (TPSA) is 25.2 Å². The first-order chi connectivity index (χ1) is 8.69. The number of anilines is 1. The lowest BCUT2D eigenvalue weighted by Gasteiger charge is -2.16. The summed E-state index contributed by atoms with van der Waals surface area (Å²) in [4.78, 5) is 13.9. The van der Waals surface area contributed by atoms with Gasteiger partial charge in [-0.1, -0.05) is 15.9 Å². The number of carbonyl (C=O) groups is 1. The first-order valence-corrected chi connectivity index (χ1v) is 7.22. The van der Waals surface area contributed by atoms with Crippen molar-refractivity contribution in [3.63, 3.8) is 0 Å². The molecule has 1 aromatic heterocycles. The summed E-state index contributed by atoms with van der Waals surface area (Å²) in [5, 5.41) is 2.08. The Labute approximate surface area is 115 Å². The fourth-order valence-electron chi connectivity index (χ4n) is 2.57.